The van der Waals surface area contributed by atoms with Crippen LogP contribution in [0.4, 0.5) is 0 Å². The molecule has 180 valence electrons. The van der Waals surface area contributed by atoms with Crippen molar-refractivity contribution in [1.82, 2.24) is 14.5 Å². The summed E-state index contributed by atoms with van der Waals surface area (Å²) in [6, 6.07) is 17.1. The molecule has 8 heteroatoms. The molecule has 0 unspecified atom stereocenters. The van der Waals surface area contributed by atoms with Gasteiger partial charge in [-0.25, -0.2) is 13.6 Å². The zero-order valence-electron chi connectivity index (χ0n) is 19.9. The molecule has 0 saturated carbocycles. The predicted octanol–water partition coefficient (Wildman–Crippen LogP) is 3.90. The lowest BCUT2D eigenvalue weighted by Crippen LogP contribution is -2.51. The van der Waals surface area contributed by atoms with Crippen LogP contribution < -0.4 is 4.72 Å². The molecule has 34 heavy (non-hydrogen) atoms. The van der Waals surface area contributed by atoms with E-state index >= 15 is 0 Å². The maximum atomic E-state index is 13.8. The first-order valence-electron chi connectivity index (χ1n) is 11.2. The van der Waals surface area contributed by atoms with Crippen LogP contribution in [0.5, 0.6) is 0 Å². The van der Waals surface area contributed by atoms with Gasteiger partial charge in [0, 0.05) is 18.0 Å². The Morgan fingerprint density at radius 3 is 2.35 bits per heavy atom. The number of esters is 1. The monoisotopic (exact) mass is 481 g/mol. The van der Waals surface area contributed by atoms with Crippen LogP contribution in [-0.4, -0.2) is 43.1 Å². The first-order chi connectivity index (χ1) is 16.2. The van der Waals surface area contributed by atoms with Gasteiger partial charge < -0.3 is 4.74 Å². The molecule has 0 saturated heterocycles. The van der Waals surface area contributed by atoms with Crippen molar-refractivity contribution < 1.29 is 18.5 Å². The maximum Gasteiger partial charge on any atom is 0.324 e. The van der Waals surface area contributed by atoms with E-state index in [9.17, 15) is 13.8 Å². The normalized spacial score (nSPS) is 14.2. The van der Waals surface area contributed by atoms with Crippen molar-refractivity contribution >= 4 is 22.7 Å². The summed E-state index contributed by atoms with van der Waals surface area (Å²) >= 11 is 0. The average molecular weight is 482 g/mol. The highest BCUT2D eigenvalue weighted by Gasteiger charge is 2.38. The van der Waals surface area contributed by atoms with E-state index in [0.717, 1.165) is 11.3 Å². The number of ketones is 1. The summed E-state index contributed by atoms with van der Waals surface area (Å²) in [6.45, 7) is 7.27. The predicted molar refractivity (Wildman–Crippen MR) is 133 cm³/mol. The molecule has 0 bridgehead atoms. The Balaban J connectivity index is 2.08. The molecule has 1 N–H and O–H groups in total. The number of carbonyl (C=O) groups is 2. The summed E-state index contributed by atoms with van der Waals surface area (Å²) in [5, 5.41) is 4.32. The second-order valence-corrected chi connectivity index (χ2v) is 10.8. The maximum absolute atomic E-state index is 13.8. The van der Waals surface area contributed by atoms with E-state index in [1.54, 1.807) is 62.8 Å². The van der Waals surface area contributed by atoms with Crippen LogP contribution in [0.3, 0.4) is 0 Å². The van der Waals surface area contributed by atoms with E-state index in [2.05, 4.69) is 9.82 Å². The van der Waals surface area contributed by atoms with Crippen LogP contribution >= 0.6 is 0 Å². The van der Waals surface area contributed by atoms with E-state index in [4.69, 9.17) is 4.74 Å². The Hall–Kier alpha value is -3.10. The Labute approximate surface area is 203 Å². The quantitative estimate of drug-likeness (QED) is 0.350. The molecule has 0 aliphatic carbocycles. The topological polar surface area (TPSA) is 90.3 Å². The Morgan fingerprint density at radius 1 is 1.06 bits per heavy atom. The second-order valence-electron chi connectivity index (χ2n) is 8.85. The van der Waals surface area contributed by atoms with Crippen molar-refractivity contribution in [3.63, 3.8) is 0 Å². The van der Waals surface area contributed by atoms with Crippen molar-refractivity contribution in [3.8, 4) is 5.69 Å². The molecule has 0 spiro atoms. The number of para-hydroxylation sites is 1. The van der Waals surface area contributed by atoms with Crippen LogP contribution in [-0.2, 0) is 26.9 Å². The van der Waals surface area contributed by atoms with Gasteiger partial charge in [-0.15, -0.1) is 0 Å². The molecule has 1 aromatic heterocycles. The van der Waals surface area contributed by atoms with Crippen LogP contribution in [0.15, 0.2) is 73.1 Å². The number of hydrogen-bond donors (Lipinski definition) is 1. The summed E-state index contributed by atoms with van der Waals surface area (Å²) in [5.41, 5.74) is 2.11. The van der Waals surface area contributed by atoms with E-state index < -0.39 is 33.7 Å². The zero-order valence-corrected chi connectivity index (χ0v) is 20.7. The van der Waals surface area contributed by atoms with E-state index in [1.165, 1.54) is 0 Å². The summed E-state index contributed by atoms with van der Waals surface area (Å²) in [7, 11) is -1.60. The largest absolute Gasteiger partial charge is 0.465 e. The minimum absolute atomic E-state index is 0.148. The van der Waals surface area contributed by atoms with Gasteiger partial charge in [0.15, 0.2) is 5.78 Å². The average Bonchev–Trinajstić information content (AvgIpc) is 3.36. The number of hydrogen-bond acceptors (Lipinski definition) is 5. The van der Waals surface area contributed by atoms with E-state index in [0.29, 0.717) is 5.56 Å². The van der Waals surface area contributed by atoms with Gasteiger partial charge in [0.25, 0.3) is 0 Å². The highest BCUT2D eigenvalue weighted by molar-refractivity contribution is 7.84. The number of carbonyl (C=O) groups excluding carboxylic acids is 2. The minimum atomic E-state index is -1.60. The number of nitrogens with one attached hydrogen (secondary N) is 1. The Bertz CT molecular complexity index is 1120. The Kier molecular flexibility index (Phi) is 8.52. The molecule has 0 aliphatic rings. The van der Waals surface area contributed by atoms with Crippen molar-refractivity contribution in [3.05, 3.63) is 84.2 Å². The molecule has 0 fully saturated rings. The second kappa shape index (κ2) is 11.4. The number of rotatable bonds is 10. The van der Waals surface area contributed by atoms with E-state index in [1.807, 2.05) is 42.6 Å². The fraction of sp³-hybridized carbons (Fsp3) is 0.346. The third kappa shape index (κ3) is 6.27. The van der Waals surface area contributed by atoms with Crippen LogP contribution in [0, 0.1) is 5.92 Å². The van der Waals surface area contributed by atoms with Gasteiger partial charge in [-0.2, -0.15) is 5.10 Å². The molecule has 1 heterocycles. The van der Waals surface area contributed by atoms with Crippen molar-refractivity contribution in [2.45, 2.75) is 44.9 Å². The molecule has 2 aromatic carbocycles. The van der Waals surface area contributed by atoms with Gasteiger partial charge in [-0.1, -0.05) is 48.5 Å². The SMILES string of the molecule is CCOC(=O)[C@@H](N[S@](=O)C(C)(C)C)[C@H](Cc1ccccc1-n1cccn1)C(=O)c1ccccc1. The zero-order chi connectivity index (χ0) is 24.7. The fourth-order valence-corrected chi connectivity index (χ4v) is 4.40. The summed E-state index contributed by atoms with van der Waals surface area (Å²) < 4.78 is 22.3. The van der Waals surface area contributed by atoms with Crippen molar-refractivity contribution in [2.24, 2.45) is 5.92 Å². The van der Waals surface area contributed by atoms with Gasteiger partial charge in [0.2, 0.25) is 0 Å². The Morgan fingerprint density at radius 2 is 1.74 bits per heavy atom. The molecule has 3 aromatic rings. The number of Topliss-reactive ketones (excluding diaryl/α,β-unsaturated/α-hetero) is 1. The molecular formula is C26H31N3O4S. The lowest BCUT2D eigenvalue weighted by Gasteiger charge is -2.29. The smallest absolute Gasteiger partial charge is 0.324 e. The summed E-state index contributed by atoms with van der Waals surface area (Å²) in [6.07, 6.45) is 3.73. The number of ether oxygens (including phenoxy) is 1. The minimum Gasteiger partial charge on any atom is -0.465 e. The molecule has 0 amide bonds. The van der Waals surface area contributed by atoms with Crippen molar-refractivity contribution in [2.75, 3.05) is 6.61 Å². The number of aromatic nitrogens is 2. The standard InChI is InChI=1S/C26H31N3O4S/c1-5-33-25(31)23(28-34(32)26(2,3)4)21(24(30)19-12-7-6-8-13-19)18-20-14-9-10-15-22(20)29-17-11-16-27-29/h6-17,21,23,28H,5,18H2,1-4H3/t21-,23-,34+/m0/s1. The fourth-order valence-electron chi connectivity index (χ4n) is 3.55. The number of benzene rings is 2. The molecule has 7 nitrogen and oxygen atoms in total. The first-order valence-corrected chi connectivity index (χ1v) is 12.4. The first kappa shape index (κ1) is 25.5. The lowest BCUT2D eigenvalue weighted by atomic mass is 9.85. The van der Waals surface area contributed by atoms with Gasteiger partial charge in [-0.3, -0.25) is 9.59 Å². The van der Waals surface area contributed by atoms with Gasteiger partial charge in [0.05, 0.1) is 33.9 Å². The van der Waals surface area contributed by atoms with Gasteiger partial charge in [0.1, 0.15) is 6.04 Å². The van der Waals surface area contributed by atoms with Gasteiger partial charge in [-0.05, 0) is 51.8 Å². The molecule has 3 rings (SSSR count). The van der Waals surface area contributed by atoms with Gasteiger partial charge >= 0.3 is 5.97 Å². The number of nitrogens with zero attached hydrogens (tertiary/aromatic N) is 2. The summed E-state index contributed by atoms with van der Waals surface area (Å²) in [4.78, 5) is 26.9. The molecule has 0 radical (unpaired) electrons. The third-order valence-electron chi connectivity index (χ3n) is 5.31. The van der Waals surface area contributed by atoms with E-state index in [-0.39, 0.29) is 18.8 Å². The molecular weight excluding hydrogens is 450 g/mol. The highest BCUT2D eigenvalue weighted by Crippen LogP contribution is 2.25. The highest BCUT2D eigenvalue weighted by atomic mass is 32.2. The van der Waals surface area contributed by atoms with Crippen molar-refractivity contribution in [1.29, 1.82) is 0 Å². The van der Waals surface area contributed by atoms with Crippen LogP contribution in [0.1, 0.15) is 43.6 Å². The van der Waals surface area contributed by atoms with Crippen LogP contribution in [0.2, 0.25) is 0 Å². The molecule has 0 aliphatic heterocycles. The lowest BCUT2D eigenvalue weighted by molar-refractivity contribution is -0.146. The third-order valence-corrected chi connectivity index (χ3v) is 6.89. The summed E-state index contributed by atoms with van der Waals surface area (Å²) in [5.74, 6) is -1.69. The van der Waals surface area contributed by atoms with Crippen LogP contribution in [0.25, 0.3) is 5.69 Å². The molecule has 3 atom stereocenters.